The van der Waals surface area contributed by atoms with E-state index in [2.05, 4.69) is 63.3 Å². The molecule has 6 rings (SSSR count). The van der Waals surface area contributed by atoms with Gasteiger partial charge in [0.05, 0.1) is 47.0 Å². The molecule has 1 saturated heterocycles. The number of methoxy groups -OCH3 is 1. The number of allylic oxidation sites excluding steroid dienone is 12. The number of nitrogens with one attached hydrogen (secondary N) is 2. The van der Waals surface area contributed by atoms with E-state index in [0.717, 1.165) is 91.2 Å². The van der Waals surface area contributed by atoms with Gasteiger partial charge in [0, 0.05) is 52.8 Å². The number of ether oxygens (including phenoxy) is 1. The number of hydrogen-bond donors (Lipinski definition) is 3. The lowest BCUT2D eigenvalue weighted by atomic mass is 9.86. The van der Waals surface area contributed by atoms with Crippen LogP contribution in [-0.2, 0) is 9.53 Å². The Morgan fingerprint density at radius 3 is 2.55 bits per heavy atom. The summed E-state index contributed by atoms with van der Waals surface area (Å²) < 4.78 is 4.98. The van der Waals surface area contributed by atoms with E-state index in [1.165, 1.54) is 12.7 Å². The van der Waals surface area contributed by atoms with E-state index in [9.17, 15) is 10.0 Å². The number of carbonyl (C=O) groups excluding carboxylic acids is 1. The van der Waals surface area contributed by atoms with Crippen molar-refractivity contribution in [2.24, 2.45) is 26.8 Å². The number of nitrogens with zero attached hydrogens (tertiary/aromatic N) is 3. The van der Waals surface area contributed by atoms with E-state index < -0.39 is 0 Å². The Kier molecular flexibility index (Phi) is 6.97. The smallest absolute Gasteiger partial charge is 0.305 e. The monoisotopic (exact) mass is 563 g/mol. The lowest BCUT2D eigenvalue weighted by Crippen LogP contribution is -2.16. The summed E-state index contributed by atoms with van der Waals surface area (Å²) in [6.07, 6.45) is 10.4. The van der Waals surface area contributed by atoms with Crippen LogP contribution in [0.3, 0.4) is 0 Å². The van der Waals surface area contributed by atoms with Gasteiger partial charge in [-0.2, -0.15) is 0 Å². The van der Waals surface area contributed by atoms with Gasteiger partial charge in [0.2, 0.25) is 0 Å². The van der Waals surface area contributed by atoms with Crippen molar-refractivity contribution < 1.29 is 14.7 Å². The fourth-order valence-corrected chi connectivity index (χ4v) is 6.88. The van der Waals surface area contributed by atoms with Crippen molar-refractivity contribution in [2.45, 2.75) is 60.3 Å². The molecule has 0 aromatic rings. The molecule has 0 aromatic heterocycles. The molecule has 2 atom stereocenters. The zero-order valence-corrected chi connectivity index (χ0v) is 25.1. The summed E-state index contributed by atoms with van der Waals surface area (Å²) >= 11 is 0. The molecule has 1 aliphatic carbocycles. The van der Waals surface area contributed by atoms with Crippen molar-refractivity contribution in [3.05, 3.63) is 104 Å². The molecular weight excluding hydrogens is 526 g/mol. The van der Waals surface area contributed by atoms with Gasteiger partial charge in [-0.15, -0.1) is 0 Å². The predicted octanol–water partition coefficient (Wildman–Crippen LogP) is 6.22. The average Bonchev–Trinajstić information content (AvgIpc) is 3.73. The number of carbonyl (C=O) groups is 1. The Hall–Kier alpha value is -4.30. The number of esters is 1. The van der Waals surface area contributed by atoms with Gasteiger partial charge in [-0.1, -0.05) is 26.5 Å². The average molecular weight is 564 g/mol. The second-order valence-corrected chi connectivity index (χ2v) is 11.5. The molecule has 0 unspecified atom stereocenters. The molecule has 0 radical (unpaired) electrons. The van der Waals surface area contributed by atoms with Crippen LogP contribution in [0.1, 0.15) is 60.3 Å². The highest BCUT2D eigenvalue weighted by atomic mass is 16.5. The van der Waals surface area contributed by atoms with E-state index >= 15 is 0 Å². The van der Waals surface area contributed by atoms with Gasteiger partial charge in [0.15, 0.2) is 0 Å². The first-order valence-electron chi connectivity index (χ1n) is 14.6. The van der Waals surface area contributed by atoms with E-state index in [-0.39, 0.29) is 17.8 Å². The number of rotatable bonds is 6. The second kappa shape index (κ2) is 10.5. The van der Waals surface area contributed by atoms with Crippen LogP contribution >= 0.6 is 0 Å². The first kappa shape index (κ1) is 27.8. The van der Waals surface area contributed by atoms with E-state index in [1.807, 2.05) is 13.0 Å². The Bertz CT molecular complexity index is 1700. The molecule has 8 bridgehead atoms. The molecule has 5 heterocycles. The fourth-order valence-electron chi connectivity index (χ4n) is 6.88. The summed E-state index contributed by atoms with van der Waals surface area (Å²) in [5.74, 6) is -0.108. The topological polar surface area (TPSA) is 108 Å². The highest BCUT2D eigenvalue weighted by molar-refractivity contribution is 6.21. The van der Waals surface area contributed by atoms with Crippen molar-refractivity contribution in [1.29, 1.82) is 0 Å². The lowest BCUT2D eigenvalue weighted by molar-refractivity contribution is -0.140. The molecule has 3 N–H and O–H groups in total. The Morgan fingerprint density at radius 1 is 1.12 bits per heavy atom. The van der Waals surface area contributed by atoms with E-state index in [0.29, 0.717) is 19.3 Å². The largest absolute Gasteiger partial charge is 0.469 e. The molecule has 5 aliphatic heterocycles. The van der Waals surface area contributed by atoms with Crippen molar-refractivity contribution >= 4 is 23.1 Å². The van der Waals surface area contributed by atoms with Crippen molar-refractivity contribution in [1.82, 2.24) is 10.8 Å². The summed E-state index contributed by atoms with van der Waals surface area (Å²) in [4.78, 5) is 27.5. The van der Waals surface area contributed by atoms with Crippen LogP contribution in [0, 0.1) is 11.8 Å². The van der Waals surface area contributed by atoms with Crippen LogP contribution in [0.15, 0.2) is 119 Å². The molecule has 6 aliphatic rings. The summed E-state index contributed by atoms with van der Waals surface area (Å²) in [5, 5.41) is 13.9. The third kappa shape index (κ3) is 4.24. The van der Waals surface area contributed by atoms with Gasteiger partial charge >= 0.3 is 5.97 Å². The Balaban J connectivity index is 1.61. The van der Waals surface area contributed by atoms with Crippen LogP contribution < -0.4 is 10.8 Å². The SMILES string of the molecule is C=CC1=C(C)C2=NC1=CC1=NC(=CC3=C(C)C4=C(NO)CC(=C5NC(=C2)[C@@H](C)[C@@H]5CCC(=O)OC)C4=N3)C(CC)=C1C. The van der Waals surface area contributed by atoms with Crippen LogP contribution in [0.2, 0.25) is 0 Å². The van der Waals surface area contributed by atoms with E-state index in [4.69, 9.17) is 19.7 Å². The minimum absolute atomic E-state index is 0.0322. The van der Waals surface area contributed by atoms with E-state index in [1.54, 1.807) is 0 Å². The number of hydroxylamine groups is 1. The zero-order chi connectivity index (χ0) is 29.9. The van der Waals surface area contributed by atoms with Crippen LogP contribution in [0.4, 0.5) is 0 Å². The normalized spacial score (nSPS) is 24.5. The van der Waals surface area contributed by atoms with Gasteiger partial charge in [-0.25, -0.2) is 15.0 Å². The first-order chi connectivity index (χ1) is 20.2. The van der Waals surface area contributed by atoms with Gasteiger partial charge < -0.3 is 10.1 Å². The summed E-state index contributed by atoms with van der Waals surface area (Å²) in [6, 6.07) is 0. The molecule has 8 heteroatoms. The molecule has 42 heavy (non-hydrogen) atoms. The molecule has 0 amide bonds. The highest BCUT2D eigenvalue weighted by Gasteiger charge is 2.41. The van der Waals surface area contributed by atoms with Crippen molar-refractivity contribution in [2.75, 3.05) is 7.11 Å². The molecule has 216 valence electrons. The lowest BCUT2D eigenvalue weighted by Gasteiger charge is -2.17. The minimum Gasteiger partial charge on any atom is -0.469 e. The third-order valence-electron chi connectivity index (χ3n) is 9.35. The molecular formula is C34H37N5O3. The zero-order valence-electron chi connectivity index (χ0n) is 25.1. The Labute approximate surface area is 246 Å². The van der Waals surface area contributed by atoms with Gasteiger partial charge in [0.25, 0.3) is 0 Å². The second-order valence-electron chi connectivity index (χ2n) is 11.5. The van der Waals surface area contributed by atoms with Crippen molar-refractivity contribution in [3.63, 3.8) is 0 Å². The first-order valence-corrected chi connectivity index (χ1v) is 14.6. The quantitative estimate of drug-likeness (QED) is 0.263. The van der Waals surface area contributed by atoms with Crippen LogP contribution in [0.5, 0.6) is 0 Å². The summed E-state index contributed by atoms with van der Waals surface area (Å²) in [6.45, 7) is 14.7. The molecule has 0 spiro atoms. The maximum absolute atomic E-state index is 12.2. The Morgan fingerprint density at radius 2 is 1.86 bits per heavy atom. The molecule has 1 fully saturated rings. The van der Waals surface area contributed by atoms with Crippen LogP contribution in [-0.4, -0.2) is 35.4 Å². The van der Waals surface area contributed by atoms with Gasteiger partial charge in [-0.05, 0) is 74.1 Å². The van der Waals surface area contributed by atoms with Crippen molar-refractivity contribution in [3.8, 4) is 0 Å². The maximum atomic E-state index is 12.2. The van der Waals surface area contributed by atoms with Crippen LogP contribution in [0.25, 0.3) is 0 Å². The number of hydrogen-bond acceptors (Lipinski definition) is 8. The summed E-state index contributed by atoms with van der Waals surface area (Å²) in [7, 11) is 1.42. The number of fused-ring (bicyclic) bond motifs is 5. The molecule has 8 nitrogen and oxygen atoms in total. The molecule has 0 saturated carbocycles. The minimum atomic E-state index is -0.231. The standard InChI is InChI=1S/C34H37N5O3/c1-8-20-16(3)24-13-26-18(5)22(10-11-31(40)42-7)33(37-26)23-12-30(39-41)32-19(6)27(38-34(23)32)15-29-21(9-2)17(4)25(36-29)14-28(20)35-24/h8,13-15,18,22,37,39,41H,1,9-12H2,2-7H3/t18-,22-/m0/s1. The number of aliphatic imine (C=N–C) groups is 3. The fraction of sp³-hybridized carbons (Fsp3) is 0.353. The summed E-state index contributed by atoms with van der Waals surface area (Å²) in [5.41, 5.74) is 17.8. The predicted molar refractivity (Wildman–Crippen MR) is 166 cm³/mol. The highest BCUT2D eigenvalue weighted by Crippen LogP contribution is 2.46. The van der Waals surface area contributed by atoms with Gasteiger partial charge in [-0.3, -0.25) is 15.5 Å². The van der Waals surface area contributed by atoms with Gasteiger partial charge in [0.1, 0.15) is 0 Å². The maximum Gasteiger partial charge on any atom is 0.305 e. The molecule has 0 aromatic carbocycles. The third-order valence-corrected chi connectivity index (χ3v) is 9.35.